The van der Waals surface area contributed by atoms with Crippen molar-refractivity contribution in [3.8, 4) is 0 Å². The lowest BCUT2D eigenvalue weighted by Gasteiger charge is -2.59. The first-order valence-corrected chi connectivity index (χ1v) is 16.4. The van der Waals surface area contributed by atoms with Gasteiger partial charge in [-0.3, -0.25) is 9.59 Å². The highest BCUT2D eigenvalue weighted by molar-refractivity contribution is 5.87. The molecule has 8 bridgehead atoms. The van der Waals surface area contributed by atoms with Gasteiger partial charge < -0.3 is 35.8 Å². The second-order valence-corrected chi connectivity index (χ2v) is 15.2. The lowest BCUT2D eigenvalue weighted by molar-refractivity contribution is -0.178. The summed E-state index contributed by atoms with van der Waals surface area (Å²) in [4.78, 5) is 45.8. The zero-order chi connectivity index (χ0) is 33.2. The highest BCUT2D eigenvalue weighted by Crippen LogP contribution is 2.62. The van der Waals surface area contributed by atoms with Gasteiger partial charge in [0.1, 0.15) is 6.61 Å². The molecule has 0 radical (unpaired) electrons. The third kappa shape index (κ3) is 8.16. The monoisotopic (exact) mass is 632 g/mol. The minimum absolute atomic E-state index is 0.0149. The van der Waals surface area contributed by atoms with Crippen molar-refractivity contribution in [2.24, 2.45) is 34.5 Å². The van der Waals surface area contributed by atoms with E-state index in [1.807, 2.05) is 0 Å². The van der Waals surface area contributed by atoms with Gasteiger partial charge in [-0.25, -0.2) is 9.59 Å². The second-order valence-electron chi connectivity index (χ2n) is 15.2. The van der Waals surface area contributed by atoms with Crippen LogP contribution in [0, 0.1) is 34.5 Å². The van der Waals surface area contributed by atoms with E-state index in [4.69, 9.17) is 14.9 Å². The standard InChI is InChI=1S/C17H25NO4.C13H21NO3.C4H6O2/c1-11(2)14(19)22-4-3-18-15(20)16-6-12-5-13(7-16)9-17(21,8-12)10-16;15-2-1-14-11(16)12-4-9-3-10(5-12)7-13(17,6-9)8-12;1-3(2)4(5)6/h12-13,21H,1,3-10H2,2H3,(H,18,20);9-10,15,17H,1-8H2,(H,14,16);1H2,2H3,(H,5,6). The zero-order valence-corrected chi connectivity index (χ0v) is 26.9. The van der Waals surface area contributed by atoms with Crippen LogP contribution in [0.2, 0.25) is 0 Å². The number of carbonyl (C=O) groups is 4. The number of nitrogens with one attached hydrogen (secondary N) is 2. The van der Waals surface area contributed by atoms with Crippen LogP contribution in [0.25, 0.3) is 0 Å². The van der Waals surface area contributed by atoms with E-state index >= 15 is 0 Å². The van der Waals surface area contributed by atoms with E-state index in [1.165, 1.54) is 13.3 Å². The van der Waals surface area contributed by atoms with Gasteiger partial charge in [0.05, 0.1) is 35.2 Å². The molecule has 8 saturated carbocycles. The summed E-state index contributed by atoms with van der Waals surface area (Å²) in [6, 6.07) is 0. The Labute approximate surface area is 265 Å². The van der Waals surface area contributed by atoms with Crippen molar-refractivity contribution in [2.75, 3.05) is 26.3 Å². The number of aliphatic hydroxyl groups is 3. The molecule has 0 spiro atoms. The molecule has 0 aliphatic heterocycles. The van der Waals surface area contributed by atoms with Gasteiger partial charge in [-0.1, -0.05) is 13.2 Å². The molecule has 11 heteroatoms. The summed E-state index contributed by atoms with van der Waals surface area (Å²) < 4.78 is 4.99. The smallest absolute Gasteiger partial charge is 0.333 e. The van der Waals surface area contributed by atoms with Crippen molar-refractivity contribution in [1.82, 2.24) is 10.6 Å². The Morgan fingerprint density at radius 1 is 0.711 bits per heavy atom. The number of aliphatic hydroxyl groups excluding tert-OH is 1. The molecule has 8 rings (SSSR count). The van der Waals surface area contributed by atoms with Crippen LogP contribution in [0.15, 0.2) is 24.3 Å². The van der Waals surface area contributed by atoms with Gasteiger partial charge in [-0.05, 0) is 115 Å². The molecule has 11 nitrogen and oxygen atoms in total. The lowest BCUT2D eigenvalue weighted by atomic mass is 9.47. The van der Waals surface area contributed by atoms with Gasteiger partial charge in [-0.15, -0.1) is 0 Å². The van der Waals surface area contributed by atoms with Crippen LogP contribution in [0.1, 0.15) is 90.9 Å². The van der Waals surface area contributed by atoms with Crippen molar-refractivity contribution >= 4 is 23.8 Å². The molecule has 45 heavy (non-hydrogen) atoms. The minimum Gasteiger partial charge on any atom is -0.478 e. The highest BCUT2D eigenvalue weighted by Gasteiger charge is 2.61. The van der Waals surface area contributed by atoms with E-state index in [9.17, 15) is 29.4 Å². The summed E-state index contributed by atoms with van der Waals surface area (Å²) in [5, 5.41) is 43.6. The van der Waals surface area contributed by atoms with Crippen LogP contribution >= 0.6 is 0 Å². The van der Waals surface area contributed by atoms with Crippen LogP contribution in [-0.4, -0.2) is 81.7 Å². The molecule has 4 unspecified atom stereocenters. The molecule has 8 aliphatic carbocycles. The summed E-state index contributed by atoms with van der Waals surface area (Å²) in [7, 11) is 0. The largest absolute Gasteiger partial charge is 0.478 e. The van der Waals surface area contributed by atoms with Crippen molar-refractivity contribution < 1.29 is 44.3 Å². The molecule has 252 valence electrons. The Kier molecular flexibility index (Phi) is 10.6. The third-order valence-electron chi connectivity index (χ3n) is 10.8. The lowest BCUT2D eigenvalue weighted by Crippen LogP contribution is -2.60. The van der Waals surface area contributed by atoms with Crippen molar-refractivity contribution in [1.29, 1.82) is 0 Å². The maximum Gasteiger partial charge on any atom is 0.333 e. The summed E-state index contributed by atoms with van der Waals surface area (Å²) in [5.41, 5.74) is -1.43. The van der Waals surface area contributed by atoms with Crippen LogP contribution in [0.5, 0.6) is 0 Å². The molecule has 0 saturated heterocycles. The number of carboxylic acid groups (broad SMARTS) is 1. The normalized spacial score (nSPS) is 37.7. The molecule has 0 heterocycles. The van der Waals surface area contributed by atoms with Gasteiger partial charge in [0.2, 0.25) is 11.8 Å². The Hall–Kier alpha value is -2.76. The Balaban J connectivity index is 0.000000178. The van der Waals surface area contributed by atoms with Crippen LogP contribution in [-0.2, 0) is 23.9 Å². The zero-order valence-electron chi connectivity index (χ0n) is 26.9. The van der Waals surface area contributed by atoms with Gasteiger partial charge in [0.15, 0.2) is 0 Å². The topological polar surface area (TPSA) is 182 Å². The highest BCUT2D eigenvalue weighted by atomic mass is 16.5. The molecule has 0 aromatic carbocycles. The molecule has 2 amide bonds. The molecular weight excluding hydrogens is 580 g/mol. The Morgan fingerprint density at radius 2 is 1.09 bits per heavy atom. The van der Waals surface area contributed by atoms with Gasteiger partial charge in [0.25, 0.3) is 0 Å². The fourth-order valence-corrected chi connectivity index (χ4v) is 9.94. The van der Waals surface area contributed by atoms with Gasteiger partial charge >= 0.3 is 11.9 Å². The van der Waals surface area contributed by atoms with Crippen LogP contribution in [0.3, 0.4) is 0 Å². The van der Waals surface area contributed by atoms with Crippen molar-refractivity contribution in [3.63, 3.8) is 0 Å². The van der Waals surface area contributed by atoms with Gasteiger partial charge in [0, 0.05) is 17.7 Å². The maximum atomic E-state index is 12.6. The number of hydrogen-bond donors (Lipinski definition) is 6. The van der Waals surface area contributed by atoms with E-state index < -0.39 is 28.6 Å². The second kappa shape index (κ2) is 13.5. The number of carboxylic acids is 1. The average molecular weight is 633 g/mol. The molecule has 8 fully saturated rings. The summed E-state index contributed by atoms with van der Waals surface area (Å²) in [6.45, 7) is 10.5. The number of hydrogen-bond acceptors (Lipinski definition) is 8. The summed E-state index contributed by atoms with van der Waals surface area (Å²) in [6.07, 6.45) is 10.7. The van der Waals surface area contributed by atoms with Crippen LogP contribution in [0.4, 0.5) is 0 Å². The molecule has 0 aromatic heterocycles. The third-order valence-corrected chi connectivity index (χ3v) is 10.8. The summed E-state index contributed by atoms with van der Waals surface area (Å²) in [5.74, 6) is 0.734. The van der Waals surface area contributed by atoms with Crippen LogP contribution < -0.4 is 10.6 Å². The number of aliphatic carboxylic acids is 1. The first-order valence-electron chi connectivity index (χ1n) is 16.4. The number of carbonyl (C=O) groups excluding carboxylic acids is 3. The molecule has 6 N–H and O–H groups in total. The van der Waals surface area contributed by atoms with E-state index in [1.54, 1.807) is 6.92 Å². The van der Waals surface area contributed by atoms with E-state index in [0.29, 0.717) is 55.2 Å². The predicted molar refractivity (Wildman–Crippen MR) is 165 cm³/mol. The number of amides is 2. The van der Waals surface area contributed by atoms with E-state index in [0.717, 1.165) is 57.8 Å². The minimum atomic E-state index is -0.935. The molecule has 4 atom stereocenters. The molecule has 0 aromatic rings. The number of ether oxygens (including phenoxy) is 1. The molecule has 8 aliphatic rings. The number of rotatable bonds is 9. The van der Waals surface area contributed by atoms with Crippen molar-refractivity contribution in [2.45, 2.75) is 102 Å². The fourth-order valence-electron chi connectivity index (χ4n) is 9.94. The summed E-state index contributed by atoms with van der Waals surface area (Å²) >= 11 is 0. The SMILES string of the molecule is C=C(C)C(=O)O.C=C(C)C(=O)OCCNC(=O)C12CC3CC(CC(O)(C3)C1)C2.O=C(NCCO)C12CC3CC(CC(O)(C3)C1)C2. The molecular formula is C34H52N2O9. The Bertz CT molecular complexity index is 1160. The average Bonchev–Trinajstić information content (AvgIpc) is 2.91. The maximum absolute atomic E-state index is 12.6. The predicted octanol–water partition coefficient (Wildman–Crippen LogP) is 2.63. The Morgan fingerprint density at radius 3 is 1.40 bits per heavy atom. The van der Waals surface area contributed by atoms with Gasteiger partial charge in [-0.2, -0.15) is 0 Å². The number of esters is 1. The van der Waals surface area contributed by atoms with E-state index in [-0.39, 0.29) is 36.0 Å². The quantitative estimate of drug-likeness (QED) is 0.126. The van der Waals surface area contributed by atoms with Crippen molar-refractivity contribution in [3.05, 3.63) is 24.3 Å². The van der Waals surface area contributed by atoms with E-state index in [2.05, 4.69) is 23.8 Å². The first-order chi connectivity index (χ1) is 21.0. The first kappa shape index (κ1) is 35.1. The fraction of sp³-hybridized carbons (Fsp3) is 0.765.